The van der Waals surface area contributed by atoms with Gasteiger partial charge in [0.05, 0.1) is 10.0 Å². The first-order valence-electron chi connectivity index (χ1n) is 5.04. The van der Waals surface area contributed by atoms with Crippen molar-refractivity contribution in [2.75, 3.05) is 0 Å². The first-order chi connectivity index (χ1) is 8.72. The van der Waals surface area contributed by atoms with Crippen molar-refractivity contribution in [3.8, 4) is 0 Å². The number of cyclic esters (lactones) is 1. The van der Waals surface area contributed by atoms with Crippen LogP contribution in [0.4, 0.5) is 0 Å². The number of carbonyl (C=O) groups excluding carboxylic acids is 1. The summed E-state index contributed by atoms with van der Waals surface area (Å²) in [7, 11) is 0. The number of ether oxygens (including phenoxy) is 1. The van der Waals surface area contributed by atoms with Crippen molar-refractivity contribution in [3.05, 3.63) is 50.6 Å². The van der Waals surface area contributed by atoms with Crippen LogP contribution in [0.2, 0.25) is 0 Å². The van der Waals surface area contributed by atoms with Crippen molar-refractivity contribution in [3.63, 3.8) is 0 Å². The number of rotatable bonds is 2. The van der Waals surface area contributed by atoms with Gasteiger partial charge in [0.15, 0.2) is 11.5 Å². The van der Waals surface area contributed by atoms with Crippen LogP contribution in [0.1, 0.15) is 10.6 Å². The predicted molar refractivity (Wildman–Crippen MR) is 71.3 cm³/mol. The van der Waals surface area contributed by atoms with Crippen molar-refractivity contribution in [1.82, 2.24) is 0 Å². The number of halogens is 1. The minimum atomic E-state index is -0.467. The van der Waals surface area contributed by atoms with Crippen LogP contribution in [0, 0.1) is 0 Å². The van der Waals surface area contributed by atoms with Crippen molar-refractivity contribution in [1.29, 1.82) is 0 Å². The lowest BCUT2D eigenvalue weighted by Gasteiger charge is -1.91. The Balaban J connectivity index is 1.94. The Hall–Kier alpha value is -1.66. The van der Waals surface area contributed by atoms with E-state index in [1.54, 1.807) is 18.2 Å². The van der Waals surface area contributed by atoms with Crippen LogP contribution in [0.25, 0.3) is 6.08 Å². The number of nitrogens with zero attached hydrogens (tertiary/aromatic N) is 1. The summed E-state index contributed by atoms with van der Waals surface area (Å²) >= 11 is 4.88. The van der Waals surface area contributed by atoms with Crippen LogP contribution in [0.15, 0.2) is 49.4 Å². The summed E-state index contributed by atoms with van der Waals surface area (Å²) in [6, 6.07) is 7.21. The number of hydrogen-bond donors (Lipinski definition) is 0. The maximum atomic E-state index is 11.6. The summed E-state index contributed by atoms with van der Waals surface area (Å²) in [4.78, 5) is 16.7. The number of carbonyl (C=O) groups is 1. The average Bonchev–Trinajstić information content (AvgIpc) is 3.02. The maximum absolute atomic E-state index is 11.6. The van der Waals surface area contributed by atoms with Crippen LogP contribution < -0.4 is 0 Å². The molecule has 0 saturated carbocycles. The molecule has 0 aliphatic carbocycles. The van der Waals surface area contributed by atoms with Gasteiger partial charge in [0.1, 0.15) is 0 Å². The van der Waals surface area contributed by atoms with Gasteiger partial charge in [-0.25, -0.2) is 9.79 Å². The van der Waals surface area contributed by atoms with Gasteiger partial charge in [0.25, 0.3) is 5.90 Å². The monoisotopic (exact) mass is 323 g/mol. The van der Waals surface area contributed by atoms with Crippen LogP contribution in [0.3, 0.4) is 0 Å². The number of hydrogen-bond acceptors (Lipinski definition) is 5. The minimum Gasteiger partial charge on any atom is -0.459 e. The molecule has 90 valence electrons. The second kappa shape index (κ2) is 4.55. The Bertz CT molecular complexity index is 655. The molecule has 6 heteroatoms. The quantitative estimate of drug-likeness (QED) is 0.628. The number of furan rings is 1. The Morgan fingerprint density at radius 3 is 2.89 bits per heavy atom. The van der Waals surface area contributed by atoms with E-state index in [4.69, 9.17) is 9.15 Å². The highest BCUT2D eigenvalue weighted by atomic mass is 79.9. The zero-order chi connectivity index (χ0) is 12.5. The summed E-state index contributed by atoms with van der Waals surface area (Å²) in [5.41, 5.74) is 0.274. The molecular formula is C12H6BrNO3S. The average molecular weight is 324 g/mol. The molecule has 0 spiro atoms. The molecule has 1 aliphatic rings. The summed E-state index contributed by atoms with van der Waals surface area (Å²) in [6.45, 7) is 0. The summed E-state index contributed by atoms with van der Waals surface area (Å²) in [6.07, 6.45) is 3.19. The van der Waals surface area contributed by atoms with E-state index in [2.05, 4.69) is 20.9 Å². The van der Waals surface area contributed by atoms with Gasteiger partial charge in [0, 0.05) is 4.88 Å². The molecule has 0 atom stereocenters. The van der Waals surface area contributed by atoms with Gasteiger partial charge in [-0.2, -0.15) is 0 Å². The molecule has 0 amide bonds. The number of thiophene rings is 1. The molecule has 3 rings (SSSR count). The van der Waals surface area contributed by atoms with Gasteiger partial charge in [0.2, 0.25) is 0 Å². The Labute approximate surface area is 115 Å². The van der Waals surface area contributed by atoms with Crippen LogP contribution >= 0.6 is 27.3 Å². The zero-order valence-electron chi connectivity index (χ0n) is 8.92. The molecular weight excluding hydrogens is 318 g/mol. The fourth-order valence-corrected chi connectivity index (χ4v) is 2.82. The van der Waals surface area contributed by atoms with E-state index >= 15 is 0 Å². The lowest BCUT2D eigenvalue weighted by Crippen LogP contribution is -2.03. The molecule has 2 aromatic rings. The molecule has 0 bridgehead atoms. The Morgan fingerprint density at radius 2 is 2.22 bits per heavy atom. The first kappa shape index (κ1) is 11.4. The minimum absolute atomic E-state index is 0.201. The van der Waals surface area contributed by atoms with Crippen molar-refractivity contribution < 1.29 is 13.9 Å². The fraction of sp³-hybridized carbons (Fsp3) is 0. The fourth-order valence-electron chi connectivity index (χ4n) is 1.46. The lowest BCUT2D eigenvalue weighted by molar-refractivity contribution is -0.130. The van der Waals surface area contributed by atoms with E-state index in [0.717, 1.165) is 8.66 Å². The second-order valence-corrected chi connectivity index (χ2v) is 5.95. The van der Waals surface area contributed by atoms with E-state index in [1.807, 2.05) is 12.1 Å². The van der Waals surface area contributed by atoms with Crippen LogP contribution in [-0.2, 0) is 9.53 Å². The van der Waals surface area contributed by atoms with Gasteiger partial charge in [-0.1, -0.05) is 0 Å². The maximum Gasteiger partial charge on any atom is 0.363 e. The third-order valence-corrected chi connectivity index (χ3v) is 3.80. The third-order valence-electron chi connectivity index (χ3n) is 2.23. The molecule has 0 radical (unpaired) electrons. The van der Waals surface area contributed by atoms with Gasteiger partial charge in [-0.15, -0.1) is 11.3 Å². The van der Waals surface area contributed by atoms with Gasteiger partial charge >= 0.3 is 5.97 Å². The molecule has 18 heavy (non-hydrogen) atoms. The van der Waals surface area contributed by atoms with Gasteiger partial charge < -0.3 is 9.15 Å². The standard InChI is InChI=1S/C12H6BrNO3S/c13-10-4-3-7(18-10)6-8-12(15)17-11(14-8)9-2-1-5-16-9/h1-6H/b8-6-. The molecule has 0 saturated heterocycles. The van der Waals surface area contributed by atoms with Crippen LogP contribution in [-0.4, -0.2) is 11.9 Å². The molecule has 3 heterocycles. The normalized spacial score (nSPS) is 17.1. The largest absolute Gasteiger partial charge is 0.459 e. The summed E-state index contributed by atoms with van der Waals surface area (Å²) in [5.74, 6) is 0.178. The summed E-state index contributed by atoms with van der Waals surface area (Å²) < 4.78 is 11.2. The highest BCUT2D eigenvalue weighted by Gasteiger charge is 2.25. The SMILES string of the molecule is O=C1OC(c2ccco2)=N/C1=C\c1ccc(Br)s1. The lowest BCUT2D eigenvalue weighted by atomic mass is 10.3. The second-order valence-electron chi connectivity index (χ2n) is 3.46. The predicted octanol–water partition coefficient (Wildman–Crippen LogP) is 3.45. The van der Waals surface area contributed by atoms with Crippen molar-refractivity contribution >= 4 is 45.2 Å². The Kier molecular flexibility index (Phi) is 2.89. The van der Waals surface area contributed by atoms with E-state index in [9.17, 15) is 4.79 Å². The molecule has 0 unspecified atom stereocenters. The third kappa shape index (κ3) is 2.16. The summed E-state index contributed by atoms with van der Waals surface area (Å²) in [5, 5.41) is 0. The smallest absolute Gasteiger partial charge is 0.363 e. The van der Waals surface area contributed by atoms with Gasteiger partial charge in [-0.3, -0.25) is 0 Å². The molecule has 0 N–H and O–H groups in total. The number of esters is 1. The highest BCUT2D eigenvalue weighted by Crippen LogP contribution is 2.26. The van der Waals surface area contributed by atoms with E-state index in [-0.39, 0.29) is 11.6 Å². The Morgan fingerprint density at radius 1 is 1.33 bits per heavy atom. The molecule has 1 aliphatic heterocycles. The van der Waals surface area contributed by atoms with Crippen LogP contribution in [0.5, 0.6) is 0 Å². The number of aliphatic imine (C=N–C) groups is 1. The van der Waals surface area contributed by atoms with Crippen molar-refractivity contribution in [2.24, 2.45) is 4.99 Å². The van der Waals surface area contributed by atoms with Gasteiger partial charge in [-0.05, 0) is 46.3 Å². The topological polar surface area (TPSA) is 51.8 Å². The molecule has 2 aromatic heterocycles. The molecule has 4 nitrogen and oxygen atoms in total. The van der Waals surface area contributed by atoms with E-state index in [0.29, 0.717) is 5.76 Å². The molecule has 0 aromatic carbocycles. The first-order valence-corrected chi connectivity index (χ1v) is 6.65. The van der Waals surface area contributed by atoms with E-state index < -0.39 is 5.97 Å². The molecule has 0 fully saturated rings. The van der Waals surface area contributed by atoms with E-state index in [1.165, 1.54) is 17.6 Å². The zero-order valence-corrected chi connectivity index (χ0v) is 11.3. The van der Waals surface area contributed by atoms with Crippen molar-refractivity contribution in [2.45, 2.75) is 0 Å². The highest BCUT2D eigenvalue weighted by molar-refractivity contribution is 9.11.